The van der Waals surface area contributed by atoms with Crippen LogP contribution in [0.4, 0.5) is 20.2 Å². The minimum atomic E-state index is -2.88. The molecule has 0 aliphatic heterocycles. The van der Waals surface area contributed by atoms with Gasteiger partial charge in [0, 0.05) is 24.7 Å². The van der Waals surface area contributed by atoms with Crippen molar-refractivity contribution in [1.29, 1.82) is 0 Å². The van der Waals surface area contributed by atoms with E-state index in [4.69, 9.17) is 0 Å². The molecule has 0 saturated heterocycles. The maximum absolute atomic E-state index is 12.4. The number of alkyl halides is 2. The van der Waals surface area contributed by atoms with Gasteiger partial charge in [0.1, 0.15) is 5.75 Å². The summed E-state index contributed by atoms with van der Waals surface area (Å²) in [4.78, 5) is 24.0. The van der Waals surface area contributed by atoms with E-state index in [0.29, 0.717) is 30.0 Å². The molecule has 150 valence electrons. The van der Waals surface area contributed by atoms with Crippen LogP contribution in [0.5, 0.6) is 5.75 Å². The molecule has 0 aromatic heterocycles. The molecule has 0 aliphatic carbocycles. The summed E-state index contributed by atoms with van der Waals surface area (Å²) in [6, 6.07) is 12.9. The average Bonchev–Trinajstić information content (AvgIpc) is 2.66. The van der Waals surface area contributed by atoms with E-state index in [-0.39, 0.29) is 23.5 Å². The average molecular weight is 391 g/mol. The molecular weight excluding hydrogens is 368 g/mol. The van der Waals surface area contributed by atoms with Crippen molar-refractivity contribution in [2.75, 3.05) is 18.4 Å². The molecule has 6 nitrogen and oxygen atoms in total. The Morgan fingerprint density at radius 1 is 0.964 bits per heavy atom. The van der Waals surface area contributed by atoms with Crippen molar-refractivity contribution in [3.63, 3.8) is 0 Å². The van der Waals surface area contributed by atoms with Crippen LogP contribution in [0, 0.1) is 5.92 Å². The van der Waals surface area contributed by atoms with Crippen molar-refractivity contribution in [1.82, 2.24) is 10.6 Å². The highest BCUT2D eigenvalue weighted by molar-refractivity contribution is 6.00. The van der Waals surface area contributed by atoms with Gasteiger partial charge in [-0.25, -0.2) is 0 Å². The largest absolute Gasteiger partial charge is 0.435 e. The number of hydrogen-bond donors (Lipinski definition) is 3. The number of carbonyl (C=O) groups excluding carboxylic acids is 2. The molecule has 0 atom stereocenters. The fraction of sp³-hybridized carbons (Fsp3) is 0.300. The number of amides is 2. The molecular formula is C20H23F2N3O3. The normalized spacial score (nSPS) is 10.6. The Morgan fingerprint density at radius 3 is 2.25 bits per heavy atom. The van der Waals surface area contributed by atoms with Crippen molar-refractivity contribution >= 4 is 23.2 Å². The van der Waals surface area contributed by atoms with Crippen LogP contribution in [0.25, 0.3) is 0 Å². The van der Waals surface area contributed by atoms with Crippen LogP contribution >= 0.6 is 0 Å². The third kappa shape index (κ3) is 6.53. The van der Waals surface area contributed by atoms with E-state index in [2.05, 4.69) is 20.7 Å². The van der Waals surface area contributed by atoms with Gasteiger partial charge in [-0.05, 0) is 36.4 Å². The second kappa shape index (κ2) is 10.2. The van der Waals surface area contributed by atoms with Gasteiger partial charge in [0.2, 0.25) is 5.91 Å². The number of ether oxygens (including phenoxy) is 1. The van der Waals surface area contributed by atoms with Crippen LogP contribution < -0.4 is 20.7 Å². The molecule has 8 heteroatoms. The molecule has 2 rings (SSSR count). The summed E-state index contributed by atoms with van der Waals surface area (Å²) in [5.41, 5.74) is 1.60. The molecule has 0 aliphatic rings. The minimum Gasteiger partial charge on any atom is -0.435 e. The molecule has 0 saturated carbocycles. The van der Waals surface area contributed by atoms with Gasteiger partial charge in [-0.1, -0.05) is 26.0 Å². The van der Waals surface area contributed by atoms with Gasteiger partial charge < -0.3 is 20.7 Å². The molecule has 2 aromatic carbocycles. The second-order valence-electron chi connectivity index (χ2n) is 6.28. The quantitative estimate of drug-likeness (QED) is 0.572. The lowest BCUT2D eigenvalue weighted by atomic mass is 10.1. The monoisotopic (exact) mass is 391 g/mol. The molecule has 2 aromatic rings. The first-order chi connectivity index (χ1) is 13.4. The summed E-state index contributed by atoms with van der Waals surface area (Å²) in [6.07, 6.45) is 0. The molecule has 3 N–H and O–H groups in total. The van der Waals surface area contributed by atoms with Gasteiger partial charge in [0.25, 0.3) is 5.91 Å². The SMILES string of the molecule is CC(C)C(=O)NCCNC(=O)c1ccccc1Nc1ccc(OC(F)F)cc1. The number of carbonyl (C=O) groups is 2. The van der Waals surface area contributed by atoms with Crippen molar-refractivity contribution in [2.24, 2.45) is 5.92 Å². The smallest absolute Gasteiger partial charge is 0.387 e. The van der Waals surface area contributed by atoms with Crippen molar-refractivity contribution in [3.8, 4) is 5.75 Å². The summed E-state index contributed by atoms with van der Waals surface area (Å²) < 4.78 is 28.7. The molecule has 28 heavy (non-hydrogen) atoms. The number of rotatable bonds is 9. The van der Waals surface area contributed by atoms with Crippen molar-refractivity contribution in [3.05, 3.63) is 54.1 Å². The Morgan fingerprint density at radius 2 is 1.61 bits per heavy atom. The molecule has 0 radical (unpaired) electrons. The van der Waals surface area contributed by atoms with Gasteiger partial charge in [-0.3, -0.25) is 9.59 Å². The van der Waals surface area contributed by atoms with E-state index in [9.17, 15) is 18.4 Å². The predicted octanol–water partition coefficient (Wildman–Crippen LogP) is 3.53. The predicted molar refractivity (Wildman–Crippen MR) is 103 cm³/mol. The number of anilines is 2. The third-order valence-electron chi connectivity index (χ3n) is 3.76. The lowest BCUT2D eigenvalue weighted by molar-refractivity contribution is -0.123. The van der Waals surface area contributed by atoms with Gasteiger partial charge >= 0.3 is 6.61 Å². The lowest BCUT2D eigenvalue weighted by Gasteiger charge is -2.13. The van der Waals surface area contributed by atoms with Crippen LogP contribution in [0.3, 0.4) is 0 Å². The molecule has 0 spiro atoms. The summed E-state index contributed by atoms with van der Waals surface area (Å²) in [7, 11) is 0. The van der Waals surface area contributed by atoms with E-state index in [0.717, 1.165) is 0 Å². The van der Waals surface area contributed by atoms with E-state index in [1.54, 1.807) is 50.2 Å². The fourth-order valence-electron chi connectivity index (χ4n) is 2.33. The fourth-order valence-corrected chi connectivity index (χ4v) is 2.33. The number of para-hydroxylation sites is 1. The summed E-state index contributed by atoms with van der Waals surface area (Å²) in [6.45, 7) is 1.34. The highest BCUT2D eigenvalue weighted by Gasteiger charge is 2.12. The first-order valence-corrected chi connectivity index (χ1v) is 8.83. The minimum absolute atomic E-state index is 0.0509. The summed E-state index contributed by atoms with van der Waals surface area (Å²) in [5.74, 6) is -0.428. The highest BCUT2D eigenvalue weighted by Crippen LogP contribution is 2.23. The van der Waals surface area contributed by atoms with Gasteiger partial charge in [-0.2, -0.15) is 8.78 Å². The zero-order chi connectivity index (χ0) is 20.5. The molecule has 0 bridgehead atoms. The van der Waals surface area contributed by atoms with Crippen LogP contribution in [0.15, 0.2) is 48.5 Å². The van der Waals surface area contributed by atoms with Crippen LogP contribution in [-0.4, -0.2) is 31.5 Å². The zero-order valence-electron chi connectivity index (χ0n) is 15.7. The van der Waals surface area contributed by atoms with Crippen LogP contribution in [0.1, 0.15) is 24.2 Å². The Balaban J connectivity index is 1.96. The third-order valence-corrected chi connectivity index (χ3v) is 3.76. The summed E-state index contributed by atoms with van der Waals surface area (Å²) in [5, 5.41) is 8.56. The van der Waals surface area contributed by atoms with Crippen LogP contribution in [0.2, 0.25) is 0 Å². The number of hydrogen-bond acceptors (Lipinski definition) is 4. The van der Waals surface area contributed by atoms with E-state index in [1.165, 1.54) is 12.1 Å². The van der Waals surface area contributed by atoms with Gasteiger partial charge in [0.05, 0.1) is 11.3 Å². The Bertz CT molecular complexity index is 796. The van der Waals surface area contributed by atoms with Crippen molar-refractivity contribution < 1.29 is 23.1 Å². The van der Waals surface area contributed by atoms with Crippen LogP contribution in [-0.2, 0) is 4.79 Å². The standard InChI is InChI=1S/C20H23F2N3O3/c1-13(2)18(26)23-11-12-24-19(27)16-5-3-4-6-17(16)25-14-7-9-15(10-8-14)28-20(21)22/h3-10,13,20,25H,11-12H2,1-2H3,(H,23,26)(H,24,27). The Kier molecular flexibility index (Phi) is 7.74. The second-order valence-corrected chi connectivity index (χ2v) is 6.28. The van der Waals surface area contributed by atoms with Gasteiger partial charge in [0.15, 0.2) is 0 Å². The molecule has 2 amide bonds. The zero-order valence-corrected chi connectivity index (χ0v) is 15.7. The molecule has 0 fully saturated rings. The topological polar surface area (TPSA) is 79.5 Å². The van der Waals surface area contributed by atoms with Gasteiger partial charge in [-0.15, -0.1) is 0 Å². The molecule has 0 heterocycles. The Hall–Kier alpha value is -3.16. The number of halogens is 2. The van der Waals surface area contributed by atoms with Crippen molar-refractivity contribution in [2.45, 2.75) is 20.5 Å². The number of benzene rings is 2. The first kappa shape index (κ1) is 21.1. The first-order valence-electron chi connectivity index (χ1n) is 8.83. The van der Waals surface area contributed by atoms with E-state index in [1.807, 2.05) is 0 Å². The summed E-state index contributed by atoms with van der Waals surface area (Å²) >= 11 is 0. The molecule has 0 unspecified atom stereocenters. The lowest BCUT2D eigenvalue weighted by Crippen LogP contribution is -2.36. The van der Waals surface area contributed by atoms with E-state index >= 15 is 0 Å². The van der Waals surface area contributed by atoms with E-state index < -0.39 is 6.61 Å². The number of nitrogens with one attached hydrogen (secondary N) is 3. The Labute approximate surface area is 162 Å². The highest BCUT2D eigenvalue weighted by atomic mass is 19.3. The maximum Gasteiger partial charge on any atom is 0.387 e. The maximum atomic E-state index is 12.4.